The lowest BCUT2D eigenvalue weighted by molar-refractivity contribution is 0.251. The molecule has 0 aliphatic heterocycles. The fourth-order valence-electron chi connectivity index (χ4n) is 3.93. The highest BCUT2D eigenvalue weighted by molar-refractivity contribution is 6.02. The fourth-order valence-corrected chi connectivity index (χ4v) is 3.93. The van der Waals surface area contributed by atoms with E-state index in [0.29, 0.717) is 0 Å². The summed E-state index contributed by atoms with van der Waals surface area (Å²) < 4.78 is 0. The predicted molar refractivity (Wildman–Crippen MR) is 104 cm³/mol. The van der Waals surface area contributed by atoms with Gasteiger partial charge >= 0.3 is 6.03 Å². The van der Waals surface area contributed by atoms with Crippen LogP contribution in [0, 0.1) is 0 Å². The van der Waals surface area contributed by atoms with E-state index in [1.807, 2.05) is 18.2 Å². The van der Waals surface area contributed by atoms with Crippen molar-refractivity contribution in [1.82, 2.24) is 10.2 Å². The van der Waals surface area contributed by atoms with Crippen LogP contribution >= 0.6 is 0 Å². The van der Waals surface area contributed by atoms with Crippen LogP contribution in [-0.4, -0.2) is 16.2 Å². The van der Waals surface area contributed by atoms with Crippen LogP contribution in [0.3, 0.4) is 0 Å². The Bertz CT molecular complexity index is 983. The zero-order valence-electron chi connectivity index (χ0n) is 15.4. The third kappa shape index (κ3) is 2.64. The molecule has 1 aromatic heterocycles. The van der Waals surface area contributed by atoms with Gasteiger partial charge in [-0.3, -0.25) is 10.00 Å². The Labute approximate surface area is 153 Å². The van der Waals surface area contributed by atoms with Crippen LogP contribution in [0.4, 0.5) is 10.5 Å². The number of H-pyrrole nitrogens is 1. The molecule has 5 nitrogen and oxygen atoms in total. The predicted octanol–water partition coefficient (Wildman–Crippen LogP) is 4.43. The number of hydrogen-bond donors (Lipinski definition) is 2. The minimum Gasteiger partial charge on any atom is -0.351 e. The van der Waals surface area contributed by atoms with Crippen LogP contribution in [0.5, 0.6) is 0 Å². The molecule has 1 aliphatic rings. The number of carbonyl (C=O) groups excluding carboxylic acids is 1. The van der Waals surface area contributed by atoms with Gasteiger partial charge in [0.25, 0.3) is 0 Å². The number of carbonyl (C=O) groups is 1. The molecular weight excluding hydrogens is 324 g/mol. The molecule has 0 radical (unpaired) electrons. The summed E-state index contributed by atoms with van der Waals surface area (Å²) in [6, 6.07) is 12.0. The van der Waals surface area contributed by atoms with E-state index in [2.05, 4.69) is 49.2 Å². The third-order valence-corrected chi connectivity index (χ3v) is 5.33. The number of primary amides is 1. The number of aromatic nitrogens is 2. The van der Waals surface area contributed by atoms with Crippen molar-refractivity contribution < 1.29 is 4.79 Å². The smallest absolute Gasteiger partial charge is 0.319 e. The van der Waals surface area contributed by atoms with Crippen LogP contribution in [0.25, 0.3) is 10.9 Å². The minimum atomic E-state index is -0.434. The van der Waals surface area contributed by atoms with Crippen molar-refractivity contribution in [2.24, 2.45) is 5.73 Å². The molecule has 4 rings (SSSR count). The number of aromatic amines is 1. The Kier molecular flexibility index (Phi) is 3.75. The number of nitrogens with one attached hydrogen (secondary N) is 1. The van der Waals surface area contributed by atoms with Gasteiger partial charge < -0.3 is 5.73 Å². The highest BCUT2D eigenvalue weighted by Gasteiger charge is 2.33. The molecule has 26 heavy (non-hydrogen) atoms. The first-order valence-electron chi connectivity index (χ1n) is 9.00. The summed E-state index contributed by atoms with van der Waals surface area (Å²) in [7, 11) is 0. The monoisotopic (exact) mass is 348 g/mol. The van der Waals surface area contributed by atoms with Gasteiger partial charge in [-0.2, -0.15) is 5.10 Å². The molecule has 0 bridgehead atoms. The van der Waals surface area contributed by atoms with Crippen LogP contribution in [0.1, 0.15) is 49.9 Å². The van der Waals surface area contributed by atoms with Crippen molar-refractivity contribution in [3.05, 3.63) is 59.3 Å². The lowest BCUT2D eigenvalue weighted by atomic mass is 9.85. The maximum Gasteiger partial charge on any atom is 0.319 e. The quantitative estimate of drug-likeness (QED) is 0.719. The molecular formula is C21H24N4O. The van der Waals surface area contributed by atoms with Crippen molar-refractivity contribution in [1.29, 1.82) is 0 Å². The molecule has 0 saturated carbocycles. The molecule has 1 aliphatic carbocycles. The first-order chi connectivity index (χ1) is 12.4. The summed E-state index contributed by atoms with van der Waals surface area (Å²) in [6.07, 6.45) is 3.58. The number of anilines is 1. The Morgan fingerprint density at radius 2 is 2.08 bits per heavy atom. The molecule has 134 valence electrons. The number of nitrogens with zero attached hydrogens (tertiary/aromatic N) is 2. The molecule has 1 heterocycles. The van der Waals surface area contributed by atoms with E-state index in [0.717, 1.165) is 29.4 Å². The second-order valence-electron chi connectivity index (χ2n) is 8.03. The summed E-state index contributed by atoms with van der Waals surface area (Å²) in [5.74, 6) is 0. The first-order valence-corrected chi connectivity index (χ1v) is 9.00. The average molecular weight is 348 g/mol. The normalized spacial score (nSPS) is 16.7. The summed E-state index contributed by atoms with van der Waals surface area (Å²) in [6.45, 7) is 6.66. The number of aryl methyl sites for hydroxylation is 1. The van der Waals surface area contributed by atoms with Crippen molar-refractivity contribution >= 4 is 22.6 Å². The first kappa shape index (κ1) is 16.6. The van der Waals surface area contributed by atoms with E-state index in [4.69, 9.17) is 5.73 Å². The SMILES string of the molecule is CC(C)(C)c1ccc2c(c1)CC[C@@H]2N(C(N)=O)c1cccc2[nH]ncc12. The molecule has 0 saturated heterocycles. The number of urea groups is 1. The van der Waals surface area contributed by atoms with Crippen LogP contribution in [0.15, 0.2) is 42.6 Å². The molecule has 5 heteroatoms. The van der Waals surface area contributed by atoms with E-state index >= 15 is 0 Å². The largest absolute Gasteiger partial charge is 0.351 e. The van der Waals surface area contributed by atoms with Gasteiger partial charge in [0.15, 0.2) is 0 Å². The van der Waals surface area contributed by atoms with E-state index in [-0.39, 0.29) is 11.5 Å². The van der Waals surface area contributed by atoms with Gasteiger partial charge in [0.1, 0.15) is 0 Å². The van der Waals surface area contributed by atoms with Gasteiger partial charge in [0.2, 0.25) is 0 Å². The van der Waals surface area contributed by atoms with Crippen molar-refractivity contribution in [3.8, 4) is 0 Å². The molecule has 1 atom stereocenters. The second-order valence-corrected chi connectivity index (χ2v) is 8.03. The van der Waals surface area contributed by atoms with Gasteiger partial charge in [-0.25, -0.2) is 4.79 Å². The number of hydrogen-bond acceptors (Lipinski definition) is 2. The van der Waals surface area contributed by atoms with Crippen molar-refractivity contribution in [3.63, 3.8) is 0 Å². The van der Waals surface area contributed by atoms with E-state index in [1.54, 1.807) is 11.1 Å². The molecule has 3 aromatic rings. The lowest BCUT2D eigenvalue weighted by Crippen LogP contribution is -2.38. The Morgan fingerprint density at radius 1 is 1.27 bits per heavy atom. The fraction of sp³-hybridized carbons (Fsp3) is 0.333. The third-order valence-electron chi connectivity index (χ3n) is 5.33. The second kappa shape index (κ2) is 5.87. The van der Waals surface area contributed by atoms with Crippen molar-refractivity contribution in [2.75, 3.05) is 4.90 Å². The molecule has 0 fully saturated rings. The zero-order valence-corrected chi connectivity index (χ0v) is 15.4. The Balaban J connectivity index is 1.80. The van der Waals surface area contributed by atoms with E-state index in [1.165, 1.54) is 16.7 Å². The van der Waals surface area contributed by atoms with Crippen LogP contribution in [-0.2, 0) is 11.8 Å². The summed E-state index contributed by atoms with van der Waals surface area (Å²) in [5, 5.41) is 7.98. The number of fused-ring (bicyclic) bond motifs is 2. The van der Waals surface area contributed by atoms with Gasteiger partial charge in [0.05, 0.1) is 23.4 Å². The van der Waals surface area contributed by atoms with E-state index < -0.39 is 6.03 Å². The molecule has 3 N–H and O–H groups in total. The number of nitrogens with two attached hydrogens (primary N) is 1. The number of benzene rings is 2. The van der Waals surface area contributed by atoms with Gasteiger partial charge in [-0.1, -0.05) is 45.0 Å². The van der Waals surface area contributed by atoms with E-state index in [9.17, 15) is 4.79 Å². The van der Waals surface area contributed by atoms with Gasteiger partial charge in [-0.05, 0) is 47.1 Å². The molecule has 2 amide bonds. The molecule has 0 unspecified atom stereocenters. The maximum atomic E-state index is 12.4. The maximum absolute atomic E-state index is 12.4. The van der Waals surface area contributed by atoms with Crippen LogP contribution in [0.2, 0.25) is 0 Å². The zero-order chi connectivity index (χ0) is 18.5. The molecule has 2 aromatic carbocycles. The summed E-state index contributed by atoms with van der Waals surface area (Å²) in [4.78, 5) is 14.1. The number of rotatable bonds is 2. The number of amides is 2. The van der Waals surface area contributed by atoms with Crippen LogP contribution < -0.4 is 10.6 Å². The Hall–Kier alpha value is -2.82. The van der Waals surface area contributed by atoms with Gasteiger partial charge in [0, 0.05) is 5.39 Å². The van der Waals surface area contributed by atoms with Crippen molar-refractivity contribution in [2.45, 2.75) is 45.1 Å². The topological polar surface area (TPSA) is 75.0 Å². The average Bonchev–Trinajstić information content (AvgIpc) is 3.21. The minimum absolute atomic E-state index is 0.0444. The molecule has 0 spiro atoms. The highest BCUT2D eigenvalue weighted by atomic mass is 16.2. The Morgan fingerprint density at radius 3 is 2.81 bits per heavy atom. The summed E-state index contributed by atoms with van der Waals surface area (Å²) in [5.41, 5.74) is 11.5. The van der Waals surface area contributed by atoms with Gasteiger partial charge in [-0.15, -0.1) is 0 Å². The highest BCUT2D eigenvalue weighted by Crippen LogP contribution is 2.41. The standard InChI is InChI=1S/C21H24N4O/c1-21(2,3)14-8-9-15-13(11-14)7-10-19(15)25(20(22)26)18-6-4-5-17-16(18)12-23-24-17/h4-6,8-9,11-12,19H,7,10H2,1-3H3,(H2,22,26)(H,23,24)/t19-/m0/s1. The lowest BCUT2D eigenvalue weighted by Gasteiger charge is -2.29. The summed E-state index contributed by atoms with van der Waals surface area (Å²) >= 11 is 0.